The molecule has 0 saturated carbocycles. The molecule has 0 saturated heterocycles. The van der Waals surface area contributed by atoms with Gasteiger partial charge in [0, 0.05) is 6.92 Å². The summed E-state index contributed by atoms with van der Waals surface area (Å²) < 4.78 is 4.03. The van der Waals surface area contributed by atoms with Gasteiger partial charge in [-0.3, -0.25) is 9.59 Å². The summed E-state index contributed by atoms with van der Waals surface area (Å²) in [6.07, 6.45) is 8.23. The van der Waals surface area contributed by atoms with Crippen molar-refractivity contribution in [1.82, 2.24) is 0 Å². The molecule has 0 fully saturated rings. The lowest BCUT2D eigenvalue weighted by Gasteiger charge is -2.21. The molecule has 0 aromatic carbocycles. The van der Waals surface area contributed by atoms with E-state index in [0.717, 1.165) is 18.2 Å². The highest BCUT2D eigenvalue weighted by atomic mass is 32.2. The zero-order chi connectivity index (χ0) is 13.3. The molecule has 0 aromatic heterocycles. The maximum Gasteiger partial charge on any atom is 0.326 e. The maximum atomic E-state index is 11.8. The van der Waals surface area contributed by atoms with Gasteiger partial charge in [0.25, 0.3) is 0 Å². The van der Waals surface area contributed by atoms with Gasteiger partial charge in [0.15, 0.2) is 5.12 Å². The van der Waals surface area contributed by atoms with Crippen molar-refractivity contribution in [2.24, 2.45) is 0 Å². The van der Waals surface area contributed by atoms with E-state index >= 15 is 0 Å². The average molecular weight is 256 g/mol. The van der Waals surface area contributed by atoms with Crippen molar-refractivity contribution in [1.29, 1.82) is 0 Å². The Morgan fingerprint density at radius 2 is 1.94 bits per heavy atom. The van der Waals surface area contributed by atoms with Gasteiger partial charge in [0.2, 0.25) is 0 Å². The molecule has 0 aliphatic rings. The zero-order valence-electron chi connectivity index (χ0n) is 10.9. The van der Waals surface area contributed by atoms with E-state index in [4.69, 9.17) is 4.74 Å². The number of carbonyl (C=O) groups is 2. The third-order valence-corrected chi connectivity index (χ3v) is 2.95. The van der Waals surface area contributed by atoms with Crippen molar-refractivity contribution in [2.45, 2.75) is 38.9 Å². The molecule has 0 aromatic rings. The van der Waals surface area contributed by atoms with Crippen LogP contribution in [0.5, 0.6) is 0 Å². The molecule has 0 unspecified atom stereocenters. The van der Waals surface area contributed by atoms with Gasteiger partial charge in [-0.2, -0.15) is 0 Å². The summed E-state index contributed by atoms with van der Waals surface area (Å²) in [5.41, 5.74) is 0. The highest BCUT2D eigenvalue weighted by molar-refractivity contribution is 8.15. The van der Waals surface area contributed by atoms with E-state index in [-0.39, 0.29) is 11.1 Å². The Kier molecular flexibility index (Phi) is 7.63. The van der Waals surface area contributed by atoms with Gasteiger partial charge in [-0.25, -0.2) is 0 Å². The third kappa shape index (κ3) is 6.31. The topological polar surface area (TPSA) is 43.4 Å². The molecule has 0 amide bonds. The number of thioether (sulfide) groups is 1. The van der Waals surface area contributed by atoms with Gasteiger partial charge in [-0.1, -0.05) is 43.0 Å². The summed E-state index contributed by atoms with van der Waals surface area (Å²) in [4.78, 5) is 23.0. The summed E-state index contributed by atoms with van der Waals surface area (Å²) >= 11 is 0.974. The molecule has 1 atom stereocenters. The molecule has 0 rings (SSSR count). The average Bonchev–Trinajstić information content (AvgIpc) is 2.24. The third-order valence-electron chi connectivity index (χ3n) is 1.93. The monoisotopic (exact) mass is 256 g/mol. The van der Waals surface area contributed by atoms with E-state index in [1.807, 2.05) is 19.1 Å². The Morgan fingerprint density at radius 1 is 1.29 bits per heavy atom. The summed E-state index contributed by atoms with van der Waals surface area (Å²) in [6, 6.07) is 0. The fraction of sp³-hybridized carbons (Fsp3) is 0.538. The second kappa shape index (κ2) is 8.12. The SMILES string of the molecule is CC/C=C/C=C/[C@](C)(SC(C)=O)C(=O)OCC. The van der Waals surface area contributed by atoms with Gasteiger partial charge in [-0.15, -0.1) is 0 Å². The minimum atomic E-state index is -0.945. The predicted molar refractivity (Wildman–Crippen MR) is 71.9 cm³/mol. The van der Waals surface area contributed by atoms with Crippen LogP contribution in [0.25, 0.3) is 0 Å². The van der Waals surface area contributed by atoms with Crippen molar-refractivity contribution < 1.29 is 14.3 Å². The van der Waals surface area contributed by atoms with Crippen LogP contribution in [-0.2, 0) is 14.3 Å². The van der Waals surface area contributed by atoms with Crippen molar-refractivity contribution in [3.8, 4) is 0 Å². The van der Waals surface area contributed by atoms with E-state index in [1.54, 1.807) is 26.0 Å². The fourth-order valence-corrected chi connectivity index (χ4v) is 2.06. The summed E-state index contributed by atoms with van der Waals surface area (Å²) in [7, 11) is 0. The Balaban J connectivity index is 4.83. The van der Waals surface area contributed by atoms with Crippen LogP contribution < -0.4 is 0 Å². The Bertz CT molecular complexity index is 321. The molecular formula is C13H20O3S. The molecule has 0 N–H and O–H groups in total. The molecule has 0 bridgehead atoms. The van der Waals surface area contributed by atoms with E-state index in [1.165, 1.54) is 6.92 Å². The Morgan fingerprint density at radius 3 is 2.41 bits per heavy atom. The second-order valence-corrected chi connectivity index (χ2v) is 5.24. The van der Waals surface area contributed by atoms with Gasteiger partial charge < -0.3 is 4.74 Å². The van der Waals surface area contributed by atoms with Gasteiger partial charge in [0.05, 0.1) is 6.61 Å². The van der Waals surface area contributed by atoms with Crippen LogP contribution >= 0.6 is 11.8 Å². The lowest BCUT2D eigenvalue weighted by atomic mass is 10.1. The summed E-state index contributed by atoms with van der Waals surface area (Å²) in [6.45, 7) is 7.22. The first-order valence-corrected chi connectivity index (χ1v) is 6.49. The first-order chi connectivity index (χ1) is 7.96. The second-order valence-electron chi connectivity index (χ2n) is 3.62. The van der Waals surface area contributed by atoms with Crippen molar-refractivity contribution in [2.75, 3.05) is 6.61 Å². The van der Waals surface area contributed by atoms with Crippen LogP contribution in [0.4, 0.5) is 0 Å². The number of allylic oxidation sites excluding steroid dienone is 3. The number of hydrogen-bond acceptors (Lipinski definition) is 4. The largest absolute Gasteiger partial charge is 0.465 e. The van der Waals surface area contributed by atoms with E-state index in [9.17, 15) is 9.59 Å². The van der Waals surface area contributed by atoms with Crippen LogP contribution in [0, 0.1) is 0 Å². The molecule has 3 nitrogen and oxygen atoms in total. The smallest absolute Gasteiger partial charge is 0.326 e. The zero-order valence-corrected chi connectivity index (χ0v) is 11.7. The molecule has 0 aliphatic heterocycles. The lowest BCUT2D eigenvalue weighted by molar-refractivity contribution is -0.144. The molecule has 96 valence electrons. The van der Waals surface area contributed by atoms with Crippen molar-refractivity contribution >= 4 is 22.8 Å². The summed E-state index contributed by atoms with van der Waals surface area (Å²) in [5, 5.41) is -0.107. The van der Waals surface area contributed by atoms with Crippen LogP contribution in [0.1, 0.15) is 34.1 Å². The highest BCUT2D eigenvalue weighted by Crippen LogP contribution is 2.29. The normalized spacial score (nSPS) is 15.1. The van der Waals surface area contributed by atoms with Crippen LogP contribution in [0.3, 0.4) is 0 Å². The highest BCUT2D eigenvalue weighted by Gasteiger charge is 2.34. The maximum absolute atomic E-state index is 11.8. The first-order valence-electron chi connectivity index (χ1n) is 5.67. The van der Waals surface area contributed by atoms with Crippen molar-refractivity contribution in [3.05, 3.63) is 24.3 Å². The molecule has 0 radical (unpaired) electrons. The number of rotatable bonds is 6. The quantitative estimate of drug-likeness (QED) is 0.541. The molecule has 4 heteroatoms. The fourth-order valence-electron chi connectivity index (χ4n) is 1.17. The van der Waals surface area contributed by atoms with E-state index < -0.39 is 4.75 Å². The minimum absolute atomic E-state index is 0.107. The van der Waals surface area contributed by atoms with Crippen LogP contribution in [0.15, 0.2) is 24.3 Å². The Labute approximate surface area is 107 Å². The molecule has 17 heavy (non-hydrogen) atoms. The van der Waals surface area contributed by atoms with Crippen molar-refractivity contribution in [3.63, 3.8) is 0 Å². The van der Waals surface area contributed by atoms with Gasteiger partial charge >= 0.3 is 5.97 Å². The van der Waals surface area contributed by atoms with Crippen LogP contribution in [0.2, 0.25) is 0 Å². The van der Waals surface area contributed by atoms with E-state index in [0.29, 0.717) is 6.61 Å². The number of esters is 1. The number of hydrogen-bond donors (Lipinski definition) is 0. The van der Waals surface area contributed by atoms with E-state index in [2.05, 4.69) is 0 Å². The summed E-state index contributed by atoms with van der Waals surface area (Å²) in [5.74, 6) is -0.388. The Hall–Kier alpha value is -1.03. The first kappa shape index (κ1) is 16.0. The predicted octanol–water partition coefficient (Wildman–Crippen LogP) is 3.11. The standard InChI is InChI=1S/C13H20O3S/c1-5-7-8-9-10-13(4,17-11(3)14)12(15)16-6-2/h7-10H,5-6H2,1-4H3/b8-7+,10-9+/t13-/m0/s1. The van der Waals surface area contributed by atoms with Gasteiger partial charge in [0.1, 0.15) is 4.75 Å². The molecule has 0 aliphatic carbocycles. The lowest BCUT2D eigenvalue weighted by Crippen LogP contribution is -2.32. The van der Waals surface area contributed by atoms with Gasteiger partial charge in [-0.05, 0) is 20.3 Å². The minimum Gasteiger partial charge on any atom is -0.465 e. The molecular weight excluding hydrogens is 236 g/mol. The molecule has 0 spiro atoms. The number of ether oxygens (including phenoxy) is 1. The number of carbonyl (C=O) groups excluding carboxylic acids is 2. The van der Waals surface area contributed by atoms with Crippen LogP contribution in [-0.4, -0.2) is 22.4 Å². The molecule has 0 heterocycles.